The molecule has 1 aromatic heterocycles. The molecule has 4 bridgehead atoms. The number of ether oxygens (including phenoxy) is 1. The Morgan fingerprint density at radius 3 is 2.37 bits per heavy atom. The average Bonchev–Trinajstić information content (AvgIpc) is 2.69. The fourth-order valence-corrected chi connectivity index (χ4v) is 6.36. The van der Waals surface area contributed by atoms with Gasteiger partial charge in [-0.1, -0.05) is 18.2 Å². The number of hydrogen-bond acceptors (Lipinski definition) is 5. The molecule has 4 aliphatic rings. The minimum atomic E-state index is -0.862. The highest BCUT2D eigenvalue weighted by atomic mass is 16.5. The van der Waals surface area contributed by atoms with Crippen LogP contribution in [0.5, 0.6) is 0 Å². The third-order valence-electron chi connectivity index (χ3n) is 7.19. The van der Waals surface area contributed by atoms with E-state index in [1.807, 2.05) is 0 Å². The highest BCUT2D eigenvalue weighted by Gasteiger charge is 2.51. The van der Waals surface area contributed by atoms with E-state index in [9.17, 15) is 14.4 Å². The Kier molecular flexibility index (Phi) is 4.64. The molecule has 30 heavy (non-hydrogen) atoms. The van der Waals surface area contributed by atoms with Crippen LogP contribution in [0.3, 0.4) is 0 Å². The van der Waals surface area contributed by atoms with Crippen LogP contribution in [-0.4, -0.2) is 33.7 Å². The van der Waals surface area contributed by atoms with Gasteiger partial charge in [-0.05, 0) is 69.3 Å². The van der Waals surface area contributed by atoms with Crippen LogP contribution in [0.1, 0.15) is 51.1 Å². The number of fused-ring (bicyclic) bond motifs is 1. The number of aromatic amines is 1. The molecule has 6 rings (SSSR count). The van der Waals surface area contributed by atoms with Crippen LogP contribution in [0, 0.1) is 17.8 Å². The molecule has 0 spiro atoms. The molecule has 0 radical (unpaired) electrons. The van der Waals surface area contributed by atoms with Crippen molar-refractivity contribution < 1.29 is 14.3 Å². The van der Waals surface area contributed by atoms with E-state index >= 15 is 0 Å². The van der Waals surface area contributed by atoms with E-state index < -0.39 is 12.1 Å². The summed E-state index contributed by atoms with van der Waals surface area (Å²) in [6.07, 6.45) is 6.11. The Bertz CT molecular complexity index is 1020. The summed E-state index contributed by atoms with van der Waals surface area (Å²) in [6, 6.07) is 6.99. The minimum Gasteiger partial charge on any atom is -0.452 e. The van der Waals surface area contributed by atoms with Crippen molar-refractivity contribution in [3.05, 3.63) is 40.3 Å². The van der Waals surface area contributed by atoms with Crippen LogP contribution < -0.4 is 10.9 Å². The maximum absolute atomic E-state index is 12.8. The number of nitrogens with one attached hydrogen (secondary N) is 2. The van der Waals surface area contributed by atoms with Gasteiger partial charge >= 0.3 is 5.97 Å². The van der Waals surface area contributed by atoms with Gasteiger partial charge in [0.25, 0.3) is 11.5 Å². The Hall–Kier alpha value is -2.70. The van der Waals surface area contributed by atoms with Gasteiger partial charge in [0.05, 0.1) is 17.5 Å². The lowest BCUT2D eigenvalue weighted by atomic mass is 9.53. The molecule has 7 heteroatoms. The van der Waals surface area contributed by atoms with Crippen molar-refractivity contribution >= 4 is 22.6 Å². The second-order valence-electron chi connectivity index (χ2n) is 9.54. The molecule has 4 aliphatic carbocycles. The van der Waals surface area contributed by atoms with E-state index in [2.05, 4.69) is 15.5 Å². The van der Waals surface area contributed by atoms with Crippen molar-refractivity contribution in [2.45, 2.75) is 63.5 Å². The highest BCUT2D eigenvalue weighted by molar-refractivity contribution is 5.88. The normalized spacial score (nSPS) is 30.2. The van der Waals surface area contributed by atoms with Crippen molar-refractivity contribution in [3.63, 3.8) is 0 Å². The number of carbonyl (C=O) groups is 2. The van der Waals surface area contributed by atoms with Crippen LogP contribution >= 0.6 is 0 Å². The summed E-state index contributed by atoms with van der Waals surface area (Å²) in [5.74, 6) is 1.44. The number of amides is 1. The summed E-state index contributed by atoms with van der Waals surface area (Å²) in [7, 11) is 0. The molecule has 0 saturated heterocycles. The van der Waals surface area contributed by atoms with E-state index in [0.29, 0.717) is 16.5 Å². The molecule has 1 unspecified atom stereocenters. The number of aromatic nitrogens is 2. The smallest absolute Gasteiger partial charge is 0.312 e. The molecule has 1 heterocycles. The SMILES string of the molecule is CC(OC(=O)Cc1n[nH]c(=O)c2ccccc12)C(=O)NC12CC3CC(CC(C3)C1)C2. The van der Waals surface area contributed by atoms with E-state index in [1.165, 1.54) is 19.3 Å². The lowest BCUT2D eigenvalue weighted by Crippen LogP contribution is -2.61. The first-order valence-corrected chi connectivity index (χ1v) is 10.9. The molecule has 1 aromatic carbocycles. The van der Waals surface area contributed by atoms with E-state index in [1.54, 1.807) is 31.2 Å². The lowest BCUT2D eigenvalue weighted by molar-refractivity contribution is -0.156. The summed E-state index contributed by atoms with van der Waals surface area (Å²) in [5.41, 5.74) is 0.0262. The monoisotopic (exact) mass is 409 g/mol. The van der Waals surface area contributed by atoms with Gasteiger partial charge in [0, 0.05) is 10.9 Å². The zero-order valence-electron chi connectivity index (χ0n) is 17.1. The van der Waals surface area contributed by atoms with Gasteiger partial charge in [0.1, 0.15) is 0 Å². The fraction of sp³-hybridized carbons (Fsp3) is 0.565. The van der Waals surface area contributed by atoms with E-state index in [0.717, 1.165) is 37.0 Å². The Balaban J connectivity index is 1.23. The topological polar surface area (TPSA) is 101 Å². The number of H-pyrrole nitrogens is 1. The van der Waals surface area contributed by atoms with Crippen molar-refractivity contribution in [2.75, 3.05) is 0 Å². The van der Waals surface area contributed by atoms with Crippen molar-refractivity contribution in [2.24, 2.45) is 17.8 Å². The molecular formula is C23H27N3O4. The summed E-state index contributed by atoms with van der Waals surface area (Å²) in [5, 5.41) is 10.8. The van der Waals surface area contributed by atoms with Gasteiger partial charge < -0.3 is 10.1 Å². The highest BCUT2D eigenvalue weighted by Crippen LogP contribution is 2.55. The Morgan fingerprint density at radius 2 is 1.73 bits per heavy atom. The number of esters is 1. The third-order valence-corrected chi connectivity index (χ3v) is 7.19. The van der Waals surface area contributed by atoms with E-state index in [-0.39, 0.29) is 23.4 Å². The third kappa shape index (κ3) is 3.50. The van der Waals surface area contributed by atoms with Gasteiger partial charge in [0.15, 0.2) is 6.10 Å². The first-order valence-electron chi connectivity index (χ1n) is 10.9. The molecule has 2 aromatic rings. The zero-order chi connectivity index (χ0) is 20.9. The molecule has 0 aliphatic heterocycles. The molecule has 4 fully saturated rings. The quantitative estimate of drug-likeness (QED) is 0.739. The van der Waals surface area contributed by atoms with Gasteiger partial charge in [-0.25, -0.2) is 5.10 Å². The minimum absolute atomic E-state index is 0.105. The predicted molar refractivity (Wildman–Crippen MR) is 111 cm³/mol. The Labute approximate surface area is 174 Å². The molecular weight excluding hydrogens is 382 g/mol. The van der Waals surface area contributed by atoms with Gasteiger partial charge in [-0.15, -0.1) is 0 Å². The van der Waals surface area contributed by atoms with Crippen molar-refractivity contribution in [3.8, 4) is 0 Å². The van der Waals surface area contributed by atoms with Gasteiger partial charge in [-0.2, -0.15) is 5.10 Å². The first-order chi connectivity index (χ1) is 14.4. The zero-order valence-corrected chi connectivity index (χ0v) is 17.1. The lowest BCUT2D eigenvalue weighted by Gasteiger charge is -2.57. The average molecular weight is 409 g/mol. The molecule has 4 saturated carbocycles. The summed E-state index contributed by atoms with van der Waals surface area (Å²) in [4.78, 5) is 37.2. The number of hydrogen-bond donors (Lipinski definition) is 2. The van der Waals surface area contributed by atoms with Gasteiger partial charge in [0.2, 0.25) is 0 Å². The maximum Gasteiger partial charge on any atom is 0.312 e. The maximum atomic E-state index is 12.8. The van der Waals surface area contributed by atoms with E-state index in [4.69, 9.17) is 4.74 Å². The van der Waals surface area contributed by atoms with Crippen molar-refractivity contribution in [1.29, 1.82) is 0 Å². The number of benzene rings is 1. The molecule has 1 amide bonds. The van der Waals surface area contributed by atoms with Crippen LogP contribution in [0.15, 0.2) is 29.1 Å². The van der Waals surface area contributed by atoms with Crippen LogP contribution in [0.2, 0.25) is 0 Å². The second kappa shape index (κ2) is 7.22. The summed E-state index contributed by atoms with van der Waals surface area (Å²) >= 11 is 0. The van der Waals surface area contributed by atoms with Gasteiger partial charge in [-0.3, -0.25) is 14.4 Å². The predicted octanol–water partition coefficient (Wildman–Crippen LogP) is 2.48. The second-order valence-corrected chi connectivity index (χ2v) is 9.54. The summed E-state index contributed by atoms with van der Waals surface area (Å²) < 4.78 is 5.43. The number of carbonyl (C=O) groups excluding carboxylic acids is 2. The van der Waals surface area contributed by atoms with Crippen molar-refractivity contribution in [1.82, 2.24) is 15.5 Å². The molecule has 1 atom stereocenters. The Morgan fingerprint density at radius 1 is 1.13 bits per heavy atom. The fourth-order valence-electron chi connectivity index (χ4n) is 6.36. The number of rotatable bonds is 5. The van der Waals surface area contributed by atoms with Crippen LogP contribution in [0.4, 0.5) is 0 Å². The molecule has 2 N–H and O–H groups in total. The largest absolute Gasteiger partial charge is 0.452 e. The standard InChI is InChI=1S/C23H27N3O4/c1-13(21(28)24-23-10-14-6-15(11-23)8-16(7-14)12-23)30-20(27)9-19-17-4-2-3-5-18(17)22(29)26-25-19/h2-5,13-16H,6-12H2,1H3,(H,24,28)(H,26,29). The number of nitrogens with zero attached hydrogens (tertiary/aromatic N) is 1. The van der Waals surface area contributed by atoms with Crippen LogP contribution in [-0.2, 0) is 20.7 Å². The van der Waals surface area contributed by atoms with Crippen LogP contribution in [0.25, 0.3) is 10.8 Å². The molecule has 158 valence electrons. The molecule has 7 nitrogen and oxygen atoms in total. The first kappa shape index (κ1) is 19.3. The summed E-state index contributed by atoms with van der Waals surface area (Å²) in [6.45, 7) is 1.62.